The SMILES string of the molecule is NC(=O)c1ccccc1NC(=O)CCSc1nnc(-c2ccccc2)c(-c2ccccc2)n1. The number of primary amides is 1. The molecular weight excluding hydrogens is 434 g/mol. The molecule has 2 amide bonds. The van der Waals surface area contributed by atoms with E-state index >= 15 is 0 Å². The summed E-state index contributed by atoms with van der Waals surface area (Å²) in [5.41, 5.74) is 9.34. The Labute approximate surface area is 195 Å². The molecule has 0 fully saturated rings. The molecule has 4 aromatic rings. The molecule has 0 aliphatic carbocycles. The van der Waals surface area contributed by atoms with Crippen LogP contribution in [0.4, 0.5) is 5.69 Å². The van der Waals surface area contributed by atoms with Gasteiger partial charge in [-0.3, -0.25) is 9.59 Å². The van der Waals surface area contributed by atoms with Crippen LogP contribution in [0.3, 0.4) is 0 Å². The van der Waals surface area contributed by atoms with E-state index in [0.717, 1.165) is 16.8 Å². The average Bonchev–Trinajstić information content (AvgIpc) is 2.85. The number of benzene rings is 3. The summed E-state index contributed by atoms with van der Waals surface area (Å²) >= 11 is 1.35. The zero-order valence-corrected chi connectivity index (χ0v) is 18.5. The van der Waals surface area contributed by atoms with Crippen LogP contribution >= 0.6 is 11.8 Å². The van der Waals surface area contributed by atoms with Crippen LogP contribution in [0.5, 0.6) is 0 Å². The number of carbonyl (C=O) groups excluding carboxylic acids is 2. The molecule has 164 valence electrons. The summed E-state index contributed by atoms with van der Waals surface area (Å²) in [4.78, 5) is 28.6. The van der Waals surface area contributed by atoms with Crippen molar-refractivity contribution in [3.05, 3.63) is 90.5 Å². The van der Waals surface area contributed by atoms with Gasteiger partial charge in [-0.05, 0) is 12.1 Å². The van der Waals surface area contributed by atoms with E-state index in [4.69, 9.17) is 10.7 Å². The number of nitrogens with two attached hydrogens (primary N) is 1. The van der Waals surface area contributed by atoms with Crippen LogP contribution in [0, 0.1) is 0 Å². The molecule has 0 aliphatic heterocycles. The van der Waals surface area contributed by atoms with E-state index in [1.807, 2.05) is 60.7 Å². The molecule has 0 saturated heterocycles. The van der Waals surface area contributed by atoms with E-state index in [0.29, 0.717) is 22.3 Å². The van der Waals surface area contributed by atoms with Gasteiger partial charge in [0.15, 0.2) is 0 Å². The van der Waals surface area contributed by atoms with Crippen molar-refractivity contribution in [1.29, 1.82) is 0 Å². The van der Waals surface area contributed by atoms with Crippen molar-refractivity contribution in [2.24, 2.45) is 5.73 Å². The molecule has 1 aromatic heterocycles. The summed E-state index contributed by atoms with van der Waals surface area (Å²) in [6.07, 6.45) is 0.211. The van der Waals surface area contributed by atoms with Crippen molar-refractivity contribution < 1.29 is 9.59 Å². The summed E-state index contributed by atoms with van der Waals surface area (Å²) in [6.45, 7) is 0. The molecule has 7 nitrogen and oxygen atoms in total. The topological polar surface area (TPSA) is 111 Å². The Bertz CT molecular complexity index is 1270. The molecule has 0 unspecified atom stereocenters. The molecule has 0 radical (unpaired) electrons. The van der Waals surface area contributed by atoms with Gasteiger partial charge < -0.3 is 11.1 Å². The van der Waals surface area contributed by atoms with Crippen molar-refractivity contribution in [2.75, 3.05) is 11.1 Å². The van der Waals surface area contributed by atoms with E-state index in [2.05, 4.69) is 15.5 Å². The van der Waals surface area contributed by atoms with Gasteiger partial charge in [0.25, 0.3) is 5.91 Å². The number of thioether (sulfide) groups is 1. The minimum atomic E-state index is -0.591. The molecule has 1 heterocycles. The summed E-state index contributed by atoms with van der Waals surface area (Å²) in [7, 11) is 0. The lowest BCUT2D eigenvalue weighted by Crippen LogP contribution is -2.18. The molecule has 0 atom stereocenters. The highest BCUT2D eigenvalue weighted by atomic mass is 32.2. The molecule has 4 rings (SSSR count). The number of rotatable bonds is 8. The quantitative estimate of drug-likeness (QED) is 0.380. The predicted molar refractivity (Wildman–Crippen MR) is 130 cm³/mol. The van der Waals surface area contributed by atoms with Gasteiger partial charge in [-0.25, -0.2) is 4.98 Å². The van der Waals surface area contributed by atoms with Crippen molar-refractivity contribution >= 4 is 29.3 Å². The second-order valence-electron chi connectivity index (χ2n) is 7.08. The van der Waals surface area contributed by atoms with Crippen molar-refractivity contribution in [3.63, 3.8) is 0 Å². The third-order valence-electron chi connectivity index (χ3n) is 4.79. The first-order valence-electron chi connectivity index (χ1n) is 10.3. The highest BCUT2D eigenvalue weighted by Gasteiger charge is 2.15. The third kappa shape index (κ3) is 5.61. The fourth-order valence-electron chi connectivity index (χ4n) is 3.21. The summed E-state index contributed by atoms with van der Waals surface area (Å²) in [5.74, 6) is -0.370. The second kappa shape index (κ2) is 10.5. The Morgan fingerprint density at radius 2 is 1.39 bits per heavy atom. The van der Waals surface area contributed by atoms with E-state index in [1.54, 1.807) is 24.3 Å². The normalized spacial score (nSPS) is 10.5. The van der Waals surface area contributed by atoms with Crippen LogP contribution in [0.15, 0.2) is 90.1 Å². The summed E-state index contributed by atoms with van der Waals surface area (Å²) in [5, 5.41) is 11.9. The largest absolute Gasteiger partial charge is 0.366 e. The lowest BCUT2D eigenvalue weighted by molar-refractivity contribution is -0.115. The minimum Gasteiger partial charge on any atom is -0.366 e. The van der Waals surface area contributed by atoms with E-state index in [1.165, 1.54) is 11.8 Å². The molecule has 0 saturated carbocycles. The number of anilines is 1. The van der Waals surface area contributed by atoms with Crippen LogP contribution in [0.25, 0.3) is 22.5 Å². The van der Waals surface area contributed by atoms with Crippen LogP contribution in [-0.2, 0) is 4.79 Å². The second-order valence-corrected chi connectivity index (χ2v) is 8.14. The Kier molecular flexibility index (Phi) is 7.06. The van der Waals surface area contributed by atoms with E-state index < -0.39 is 5.91 Å². The Balaban J connectivity index is 1.47. The van der Waals surface area contributed by atoms with Gasteiger partial charge in [0.2, 0.25) is 11.1 Å². The van der Waals surface area contributed by atoms with Crippen molar-refractivity contribution in [2.45, 2.75) is 11.6 Å². The maximum Gasteiger partial charge on any atom is 0.250 e. The van der Waals surface area contributed by atoms with Gasteiger partial charge in [-0.1, -0.05) is 84.6 Å². The Morgan fingerprint density at radius 3 is 2.06 bits per heavy atom. The summed E-state index contributed by atoms with van der Waals surface area (Å²) < 4.78 is 0. The number of amides is 2. The first kappa shape index (κ1) is 22.2. The number of carbonyl (C=O) groups is 2. The molecule has 3 aromatic carbocycles. The lowest BCUT2D eigenvalue weighted by Gasteiger charge is -2.10. The van der Waals surface area contributed by atoms with Gasteiger partial charge >= 0.3 is 0 Å². The van der Waals surface area contributed by atoms with Gasteiger partial charge in [0, 0.05) is 23.3 Å². The Hall–Kier alpha value is -4.04. The van der Waals surface area contributed by atoms with E-state index in [-0.39, 0.29) is 17.9 Å². The standard InChI is InChI=1S/C25H21N5O2S/c26-24(32)19-13-7-8-14-20(19)27-21(31)15-16-33-25-28-22(17-9-3-1-4-10-17)23(29-30-25)18-11-5-2-6-12-18/h1-14H,15-16H2,(H2,26,32)(H,27,31). The van der Waals surface area contributed by atoms with Crippen LogP contribution in [0.1, 0.15) is 16.8 Å². The monoisotopic (exact) mass is 455 g/mol. The van der Waals surface area contributed by atoms with Crippen molar-refractivity contribution in [3.8, 4) is 22.5 Å². The average molecular weight is 456 g/mol. The zero-order chi connectivity index (χ0) is 23.0. The molecule has 0 spiro atoms. The highest BCUT2D eigenvalue weighted by molar-refractivity contribution is 7.99. The third-order valence-corrected chi connectivity index (χ3v) is 5.63. The van der Waals surface area contributed by atoms with Crippen LogP contribution in [-0.4, -0.2) is 32.7 Å². The molecular formula is C25H21N5O2S. The first-order chi connectivity index (χ1) is 16.1. The maximum atomic E-state index is 12.4. The number of para-hydroxylation sites is 1. The van der Waals surface area contributed by atoms with Crippen LogP contribution in [0.2, 0.25) is 0 Å². The van der Waals surface area contributed by atoms with Gasteiger partial charge in [0.05, 0.1) is 11.3 Å². The molecule has 0 aliphatic rings. The van der Waals surface area contributed by atoms with Gasteiger partial charge in [0.1, 0.15) is 11.4 Å². The molecule has 8 heteroatoms. The lowest BCUT2D eigenvalue weighted by atomic mass is 10.0. The number of hydrogen-bond donors (Lipinski definition) is 2. The molecule has 33 heavy (non-hydrogen) atoms. The fourth-order valence-corrected chi connectivity index (χ4v) is 3.94. The maximum absolute atomic E-state index is 12.4. The number of aromatic nitrogens is 3. The number of nitrogens with zero attached hydrogens (tertiary/aromatic N) is 3. The zero-order valence-electron chi connectivity index (χ0n) is 17.6. The van der Waals surface area contributed by atoms with E-state index in [9.17, 15) is 9.59 Å². The molecule has 0 bridgehead atoms. The van der Waals surface area contributed by atoms with Gasteiger partial charge in [-0.15, -0.1) is 10.2 Å². The minimum absolute atomic E-state index is 0.211. The highest BCUT2D eigenvalue weighted by Crippen LogP contribution is 2.29. The number of nitrogens with one attached hydrogen (secondary N) is 1. The summed E-state index contributed by atoms with van der Waals surface area (Å²) in [6, 6.07) is 26.2. The number of hydrogen-bond acceptors (Lipinski definition) is 6. The smallest absolute Gasteiger partial charge is 0.250 e. The predicted octanol–water partition coefficient (Wildman–Crippen LogP) is 4.43. The Morgan fingerprint density at radius 1 is 0.788 bits per heavy atom. The molecule has 3 N–H and O–H groups in total. The van der Waals surface area contributed by atoms with Crippen LogP contribution < -0.4 is 11.1 Å². The van der Waals surface area contributed by atoms with Gasteiger partial charge in [-0.2, -0.15) is 0 Å². The first-order valence-corrected chi connectivity index (χ1v) is 11.3. The fraction of sp³-hybridized carbons (Fsp3) is 0.0800. The van der Waals surface area contributed by atoms with Crippen molar-refractivity contribution in [1.82, 2.24) is 15.2 Å².